The number of esters is 2. The van der Waals surface area contributed by atoms with Gasteiger partial charge in [0.05, 0.1) is 24.7 Å². The summed E-state index contributed by atoms with van der Waals surface area (Å²) in [6, 6.07) is 5.98. The lowest BCUT2D eigenvalue weighted by Crippen LogP contribution is -2.36. The maximum Gasteiger partial charge on any atom is 0.336 e. The lowest BCUT2D eigenvalue weighted by molar-refractivity contribution is -0.385. The highest BCUT2D eigenvalue weighted by Gasteiger charge is 2.44. The third kappa shape index (κ3) is 3.28. The van der Waals surface area contributed by atoms with E-state index >= 15 is 0 Å². The van der Waals surface area contributed by atoms with Gasteiger partial charge in [-0.15, -0.1) is 0 Å². The minimum absolute atomic E-state index is 0.109. The minimum atomic E-state index is -0.955. The molecule has 0 amide bonds. The van der Waals surface area contributed by atoms with Crippen LogP contribution in [0.3, 0.4) is 0 Å². The Labute approximate surface area is 144 Å². The number of carbonyl (C=O) groups is 2. The van der Waals surface area contributed by atoms with Crippen LogP contribution < -0.4 is 0 Å². The lowest BCUT2D eigenvalue weighted by atomic mass is 9.75. The Balaban J connectivity index is 2.78. The second-order valence-corrected chi connectivity index (χ2v) is 5.54. The number of nitro groups is 1. The van der Waals surface area contributed by atoms with Crippen molar-refractivity contribution in [1.29, 1.82) is 0 Å². The molecule has 1 heterocycles. The van der Waals surface area contributed by atoms with Crippen molar-refractivity contribution in [3.8, 4) is 0 Å². The van der Waals surface area contributed by atoms with Gasteiger partial charge in [0.15, 0.2) is 0 Å². The van der Waals surface area contributed by atoms with Crippen LogP contribution in [0.4, 0.5) is 5.69 Å². The molecule has 8 nitrogen and oxygen atoms in total. The molecule has 0 spiro atoms. The molecule has 25 heavy (non-hydrogen) atoms. The van der Waals surface area contributed by atoms with Gasteiger partial charge in [0.25, 0.3) is 5.69 Å². The second kappa shape index (κ2) is 7.25. The first-order valence-electron chi connectivity index (χ1n) is 7.48. The van der Waals surface area contributed by atoms with Crippen LogP contribution in [-0.2, 0) is 19.1 Å². The largest absolute Gasteiger partial charge is 0.468 e. The number of para-hydroxylation sites is 1. The van der Waals surface area contributed by atoms with Crippen LogP contribution in [0.25, 0.3) is 0 Å². The van der Waals surface area contributed by atoms with Crippen LogP contribution >= 0.6 is 0 Å². The van der Waals surface area contributed by atoms with Crippen LogP contribution in [0, 0.1) is 16.0 Å². The van der Waals surface area contributed by atoms with Crippen molar-refractivity contribution in [1.82, 2.24) is 0 Å². The highest BCUT2D eigenvalue weighted by atomic mass is 16.6. The van der Waals surface area contributed by atoms with Gasteiger partial charge in [0.2, 0.25) is 0 Å². The monoisotopic (exact) mass is 346 g/mol. The van der Waals surface area contributed by atoms with E-state index in [1.54, 1.807) is 19.9 Å². The molecule has 0 saturated heterocycles. The highest BCUT2D eigenvalue weighted by Crippen LogP contribution is 2.43. The molecule has 0 bridgehead atoms. The third-order valence-corrected chi connectivity index (χ3v) is 4.16. The lowest BCUT2D eigenvalue weighted by Gasteiger charge is -2.30. The van der Waals surface area contributed by atoms with Crippen LogP contribution in [0.2, 0.25) is 0 Å². The zero-order valence-corrected chi connectivity index (χ0v) is 14.3. The van der Waals surface area contributed by atoms with Gasteiger partial charge >= 0.3 is 11.9 Å². The fraction of sp³-hybridized carbons (Fsp3) is 0.353. The Morgan fingerprint density at radius 3 is 2.36 bits per heavy atom. The van der Waals surface area contributed by atoms with E-state index in [0.717, 1.165) is 0 Å². The van der Waals surface area contributed by atoms with E-state index in [1.165, 1.54) is 32.4 Å². The number of aliphatic imine (C=N–C) groups is 1. The van der Waals surface area contributed by atoms with E-state index in [2.05, 4.69) is 4.99 Å². The molecule has 0 saturated carbocycles. The van der Waals surface area contributed by atoms with E-state index < -0.39 is 28.7 Å². The number of rotatable bonds is 4. The molecular formula is C17H18N2O6. The predicted molar refractivity (Wildman–Crippen MR) is 89.2 cm³/mol. The molecule has 0 radical (unpaired) electrons. The molecule has 0 aromatic heterocycles. The maximum absolute atomic E-state index is 12.4. The Kier molecular flexibility index (Phi) is 5.31. The van der Waals surface area contributed by atoms with E-state index in [1.807, 2.05) is 0 Å². The smallest absolute Gasteiger partial charge is 0.336 e. The Bertz CT molecular complexity index is 796. The fourth-order valence-electron chi connectivity index (χ4n) is 3.10. The average molecular weight is 346 g/mol. The fourth-order valence-corrected chi connectivity index (χ4v) is 3.10. The topological polar surface area (TPSA) is 108 Å². The van der Waals surface area contributed by atoms with Crippen molar-refractivity contribution in [3.05, 3.63) is 51.2 Å². The maximum atomic E-state index is 12.4. The van der Waals surface area contributed by atoms with Crippen molar-refractivity contribution >= 4 is 23.3 Å². The summed E-state index contributed by atoms with van der Waals surface area (Å²) in [4.78, 5) is 39.9. The van der Waals surface area contributed by atoms with Crippen molar-refractivity contribution in [2.45, 2.75) is 19.8 Å². The van der Waals surface area contributed by atoms with Gasteiger partial charge in [-0.3, -0.25) is 19.9 Å². The van der Waals surface area contributed by atoms with Gasteiger partial charge in [0.1, 0.15) is 5.92 Å². The number of allylic oxidation sites excluding steroid dienone is 1. The summed E-state index contributed by atoms with van der Waals surface area (Å²) >= 11 is 0. The van der Waals surface area contributed by atoms with E-state index in [4.69, 9.17) is 9.47 Å². The SMILES string of the molecule is COC(=O)C1=C(C)N=C(C)C(C(=O)OC)[C@H]1c1ccccc1[N+](=O)[O-]. The molecule has 132 valence electrons. The minimum Gasteiger partial charge on any atom is -0.468 e. The number of carbonyl (C=O) groups excluding carboxylic acids is 2. The molecular weight excluding hydrogens is 328 g/mol. The summed E-state index contributed by atoms with van der Waals surface area (Å²) in [6.45, 7) is 3.23. The zero-order valence-electron chi connectivity index (χ0n) is 14.3. The molecule has 1 aromatic carbocycles. The molecule has 2 rings (SSSR count). The number of benzene rings is 1. The molecule has 0 fully saturated rings. The standard InChI is InChI=1S/C17H18N2O6/c1-9-13(16(20)24-3)15(14(10(2)18-9)17(21)25-4)11-7-5-6-8-12(11)19(22)23/h5-8,13,15H,1-4H3/t13?,15-/m1/s1. The number of nitro benzene ring substituents is 1. The molecule has 1 aromatic rings. The molecule has 1 aliphatic rings. The average Bonchev–Trinajstić information content (AvgIpc) is 2.59. The number of hydrogen-bond acceptors (Lipinski definition) is 7. The van der Waals surface area contributed by atoms with Crippen molar-refractivity contribution < 1.29 is 24.0 Å². The molecule has 1 unspecified atom stereocenters. The predicted octanol–water partition coefficient (Wildman–Crippen LogP) is 2.39. The van der Waals surface area contributed by atoms with Gasteiger partial charge in [-0.25, -0.2) is 4.79 Å². The van der Waals surface area contributed by atoms with E-state index in [0.29, 0.717) is 11.4 Å². The summed E-state index contributed by atoms with van der Waals surface area (Å²) in [5.41, 5.74) is 0.924. The summed E-state index contributed by atoms with van der Waals surface area (Å²) in [5.74, 6) is -3.19. The second-order valence-electron chi connectivity index (χ2n) is 5.54. The van der Waals surface area contributed by atoms with Gasteiger partial charge in [-0.1, -0.05) is 18.2 Å². The van der Waals surface area contributed by atoms with E-state index in [-0.39, 0.29) is 16.8 Å². The van der Waals surface area contributed by atoms with Gasteiger partial charge in [-0.2, -0.15) is 0 Å². The number of nitrogens with zero attached hydrogens (tertiary/aromatic N) is 2. The number of ether oxygens (including phenoxy) is 2. The molecule has 0 aliphatic carbocycles. The van der Waals surface area contributed by atoms with Crippen molar-refractivity contribution in [2.75, 3.05) is 14.2 Å². The normalized spacial score (nSPS) is 19.9. The van der Waals surface area contributed by atoms with Crippen molar-refractivity contribution in [3.63, 3.8) is 0 Å². The van der Waals surface area contributed by atoms with Crippen LogP contribution in [0.15, 0.2) is 40.5 Å². The summed E-state index contributed by atoms with van der Waals surface area (Å²) in [5, 5.41) is 11.4. The molecule has 8 heteroatoms. The number of hydrogen-bond donors (Lipinski definition) is 0. The summed E-state index contributed by atoms with van der Waals surface area (Å²) in [6.07, 6.45) is 0. The molecule has 1 aliphatic heterocycles. The first-order chi connectivity index (χ1) is 11.8. The van der Waals surface area contributed by atoms with Crippen LogP contribution in [-0.4, -0.2) is 36.8 Å². The molecule has 2 atom stereocenters. The summed E-state index contributed by atoms with van der Waals surface area (Å²) in [7, 11) is 2.42. The van der Waals surface area contributed by atoms with E-state index in [9.17, 15) is 19.7 Å². The van der Waals surface area contributed by atoms with Gasteiger partial charge in [-0.05, 0) is 13.8 Å². The number of methoxy groups -OCH3 is 2. The quantitative estimate of drug-likeness (QED) is 0.470. The van der Waals surface area contributed by atoms with Crippen LogP contribution in [0.5, 0.6) is 0 Å². The summed E-state index contributed by atoms with van der Waals surface area (Å²) < 4.78 is 9.67. The van der Waals surface area contributed by atoms with Gasteiger partial charge < -0.3 is 9.47 Å². The zero-order chi connectivity index (χ0) is 18.7. The van der Waals surface area contributed by atoms with Crippen molar-refractivity contribution in [2.24, 2.45) is 10.9 Å². The Hall–Kier alpha value is -3.03. The van der Waals surface area contributed by atoms with Crippen LogP contribution in [0.1, 0.15) is 25.3 Å². The first kappa shape index (κ1) is 18.3. The highest BCUT2D eigenvalue weighted by molar-refractivity contribution is 6.07. The Morgan fingerprint density at radius 1 is 1.16 bits per heavy atom. The third-order valence-electron chi connectivity index (χ3n) is 4.16. The Morgan fingerprint density at radius 2 is 1.80 bits per heavy atom. The first-order valence-corrected chi connectivity index (χ1v) is 7.48. The van der Waals surface area contributed by atoms with Gasteiger partial charge in [0, 0.05) is 29.0 Å². The molecule has 0 N–H and O–H groups in total.